The van der Waals surface area contributed by atoms with Crippen LogP contribution in [0.15, 0.2) is 30.5 Å². The SMILES string of the molecule is Cc1cnc(Cl)nc1N1CCN(c2ccccc2Cl)CC1. The highest BCUT2D eigenvalue weighted by atomic mass is 35.5. The van der Waals surface area contributed by atoms with E-state index in [0.717, 1.165) is 48.3 Å². The first-order chi connectivity index (χ1) is 10.1. The van der Waals surface area contributed by atoms with Crippen molar-refractivity contribution >= 4 is 34.7 Å². The van der Waals surface area contributed by atoms with Crippen molar-refractivity contribution in [2.45, 2.75) is 6.92 Å². The fourth-order valence-electron chi connectivity index (χ4n) is 2.60. The molecular weight excluding hydrogens is 307 g/mol. The van der Waals surface area contributed by atoms with Crippen LogP contribution in [0, 0.1) is 6.92 Å². The van der Waals surface area contributed by atoms with Gasteiger partial charge in [-0.25, -0.2) is 9.97 Å². The van der Waals surface area contributed by atoms with E-state index < -0.39 is 0 Å². The maximum absolute atomic E-state index is 6.26. The second kappa shape index (κ2) is 6.08. The van der Waals surface area contributed by atoms with Gasteiger partial charge in [-0.3, -0.25) is 0 Å². The summed E-state index contributed by atoms with van der Waals surface area (Å²) in [6.45, 7) is 5.60. The molecule has 1 aromatic carbocycles. The summed E-state index contributed by atoms with van der Waals surface area (Å²) in [6, 6.07) is 7.96. The van der Waals surface area contributed by atoms with E-state index in [4.69, 9.17) is 23.2 Å². The van der Waals surface area contributed by atoms with Crippen molar-refractivity contribution in [3.63, 3.8) is 0 Å². The summed E-state index contributed by atoms with van der Waals surface area (Å²) in [6.07, 6.45) is 1.77. The summed E-state index contributed by atoms with van der Waals surface area (Å²) in [5.41, 5.74) is 2.14. The number of piperazine rings is 1. The van der Waals surface area contributed by atoms with Gasteiger partial charge >= 0.3 is 0 Å². The topological polar surface area (TPSA) is 32.3 Å². The first kappa shape index (κ1) is 14.4. The lowest BCUT2D eigenvalue weighted by atomic mass is 10.2. The molecule has 1 saturated heterocycles. The molecule has 0 unspecified atom stereocenters. The number of halogens is 2. The molecule has 4 nitrogen and oxygen atoms in total. The minimum Gasteiger partial charge on any atom is -0.367 e. The fraction of sp³-hybridized carbons (Fsp3) is 0.333. The predicted octanol–water partition coefficient (Wildman–Crippen LogP) is 3.42. The first-order valence-electron chi connectivity index (χ1n) is 6.89. The highest BCUT2D eigenvalue weighted by Crippen LogP contribution is 2.27. The van der Waals surface area contributed by atoms with Crippen molar-refractivity contribution in [1.29, 1.82) is 0 Å². The molecular formula is C15H16Cl2N4. The quantitative estimate of drug-likeness (QED) is 0.793. The van der Waals surface area contributed by atoms with Crippen LogP contribution in [-0.4, -0.2) is 36.1 Å². The third-order valence-corrected chi connectivity index (χ3v) is 4.19. The Morgan fingerprint density at radius 3 is 2.38 bits per heavy atom. The number of anilines is 2. The van der Waals surface area contributed by atoms with Crippen molar-refractivity contribution in [3.8, 4) is 0 Å². The van der Waals surface area contributed by atoms with Crippen LogP contribution in [0.25, 0.3) is 0 Å². The molecule has 2 aromatic rings. The van der Waals surface area contributed by atoms with Gasteiger partial charge in [0.25, 0.3) is 0 Å². The van der Waals surface area contributed by atoms with Gasteiger partial charge < -0.3 is 9.80 Å². The Bertz CT molecular complexity index is 639. The van der Waals surface area contributed by atoms with Gasteiger partial charge in [0.05, 0.1) is 10.7 Å². The number of aromatic nitrogens is 2. The van der Waals surface area contributed by atoms with Gasteiger partial charge in [-0.15, -0.1) is 0 Å². The van der Waals surface area contributed by atoms with E-state index in [1.165, 1.54) is 0 Å². The summed E-state index contributed by atoms with van der Waals surface area (Å²) in [5.74, 6) is 0.925. The van der Waals surface area contributed by atoms with Gasteiger partial charge in [0.1, 0.15) is 5.82 Å². The molecule has 0 N–H and O–H groups in total. The zero-order chi connectivity index (χ0) is 14.8. The zero-order valence-electron chi connectivity index (χ0n) is 11.8. The molecule has 1 aromatic heterocycles. The van der Waals surface area contributed by atoms with Crippen molar-refractivity contribution in [3.05, 3.63) is 46.3 Å². The molecule has 1 aliphatic heterocycles. The average molecular weight is 323 g/mol. The molecule has 2 heterocycles. The normalized spacial score (nSPS) is 15.4. The molecule has 3 rings (SSSR count). The molecule has 21 heavy (non-hydrogen) atoms. The number of aryl methyl sites for hydroxylation is 1. The molecule has 6 heteroatoms. The summed E-state index contributed by atoms with van der Waals surface area (Å²) in [4.78, 5) is 12.9. The summed E-state index contributed by atoms with van der Waals surface area (Å²) in [7, 11) is 0. The van der Waals surface area contributed by atoms with E-state index in [0.29, 0.717) is 5.28 Å². The van der Waals surface area contributed by atoms with Gasteiger partial charge in [-0.05, 0) is 30.7 Å². The molecule has 0 bridgehead atoms. The molecule has 0 saturated carbocycles. The number of para-hydroxylation sites is 1. The molecule has 0 aliphatic carbocycles. The minimum atomic E-state index is 0.295. The van der Waals surface area contributed by atoms with Crippen LogP contribution in [0.3, 0.4) is 0 Å². The van der Waals surface area contributed by atoms with Crippen LogP contribution in [0.1, 0.15) is 5.56 Å². The molecule has 0 atom stereocenters. The van der Waals surface area contributed by atoms with E-state index in [2.05, 4.69) is 25.8 Å². The number of benzene rings is 1. The van der Waals surface area contributed by atoms with E-state index in [1.54, 1.807) is 6.20 Å². The highest BCUT2D eigenvalue weighted by molar-refractivity contribution is 6.33. The Labute approximate surface area is 134 Å². The summed E-state index contributed by atoms with van der Waals surface area (Å²) >= 11 is 12.2. The number of hydrogen-bond donors (Lipinski definition) is 0. The van der Waals surface area contributed by atoms with Crippen LogP contribution in [-0.2, 0) is 0 Å². The number of nitrogens with zero attached hydrogens (tertiary/aromatic N) is 4. The summed E-state index contributed by atoms with van der Waals surface area (Å²) in [5, 5.41) is 1.09. The van der Waals surface area contributed by atoms with Crippen molar-refractivity contribution in [2.75, 3.05) is 36.0 Å². The Balaban J connectivity index is 1.73. The van der Waals surface area contributed by atoms with Gasteiger partial charge in [-0.1, -0.05) is 23.7 Å². The third-order valence-electron chi connectivity index (χ3n) is 3.69. The second-order valence-corrected chi connectivity index (χ2v) is 5.82. The number of hydrogen-bond acceptors (Lipinski definition) is 4. The lowest BCUT2D eigenvalue weighted by molar-refractivity contribution is 0.645. The second-order valence-electron chi connectivity index (χ2n) is 5.07. The average Bonchev–Trinajstić information content (AvgIpc) is 2.50. The molecule has 0 spiro atoms. The molecule has 1 fully saturated rings. The van der Waals surface area contributed by atoms with Crippen LogP contribution in [0.4, 0.5) is 11.5 Å². The standard InChI is InChI=1S/C15H16Cl2N4/c1-11-10-18-15(17)19-14(11)21-8-6-20(7-9-21)13-5-3-2-4-12(13)16/h2-5,10H,6-9H2,1H3. The first-order valence-corrected chi connectivity index (χ1v) is 7.64. The summed E-state index contributed by atoms with van der Waals surface area (Å²) < 4.78 is 0. The Kier molecular flexibility index (Phi) is 4.17. The van der Waals surface area contributed by atoms with Gasteiger partial charge in [0.2, 0.25) is 5.28 Å². The van der Waals surface area contributed by atoms with Crippen LogP contribution in [0.5, 0.6) is 0 Å². The van der Waals surface area contributed by atoms with Crippen LogP contribution in [0.2, 0.25) is 10.3 Å². The molecule has 110 valence electrons. The van der Waals surface area contributed by atoms with Crippen LogP contribution >= 0.6 is 23.2 Å². The van der Waals surface area contributed by atoms with E-state index in [1.807, 2.05) is 25.1 Å². The maximum Gasteiger partial charge on any atom is 0.224 e. The monoisotopic (exact) mass is 322 g/mol. The Morgan fingerprint density at radius 2 is 1.67 bits per heavy atom. The third kappa shape index (κ3) is 3.06. The van der Waals surface area contributed by atoms with Crippen LogP contribution < -0.4 is 9.80 Å². The van der Waals surface area contributed by atoms with Gasteiger partial charge in [0, 0.05) is 37.9 Å². The van der Waals surface area contributed by atoms with Crippen molar-refractivity contribution in [2.24, 2.45) is 0 Å². The predicted molar refractivity (Wildman–Crippen MR) is 87.7 cm³/mol. The van der Waals surface area contributed by atoms with Gasteiger partial charge in [-0.2, -0.15) is 0 Å². The highest BCUT2D eigenvalue weighted by Gasteiger charge is 2.21. The smallest absolute Gasteiger partial charge is 0.224 e. The lowest BCUT2D eigenvalue weighted by Gasteiger charge is -2.37. The van der Waals surface area contributed by atoms with E-state index in [-0.39, 0.29) is 0 Å². The maximum atomic E-state index is 6.26. The Morgan fingerprint density at radius 1 is 1.00 bits per heavy atom. The molecule has 0 radical (unpaired) electrons. The largest absolute Gasteiger partial charge is 0.367 e. The fourth-order valence-corrected chi connectivity index (χ4v) is 2.98. The Hall–Kier alpha value is -1.52. The molecule has 0 amide bonds. The molecule has 1 aliphatic rings. The number of rotatable bonds is 2. The minimum absolute atomic E-state index is 0.295. The van der Waals surface area contributed by atoms with E-state index >= 15 is 0 Å². The van der Waals surface area contributed by atoms with E-state index in [9.17, 15) is 0 Å². The van der Waals surface area contributed by atoms with Crippen molar-refractivity contribution < 1.29 is 0 Å². The van der Waals surface area contributed by atoms with Gasteiger partial charge in [0.15, 0.2) is 0 Å². The van der Waals surface area contributed by atoms with Crippen molar-refractivity contribution in [1.82, 2.24) is 9.97 Å². The zero-order valence-corrected chi connectivity index (χ0v) is 13.3. The lowest BCUT2D eigenvalue weighted by Crippen LogP contribution is -2.47.